The molecule has 0 aromatic heterocycles. The van der Waals surface area contributed by atoms with Crippen LogP contribution < -0.4 is 4.74 Å². The van der Waals surface area contributed by atoms with Gasteiger partial charge in [0.25, 0.3) is 5.69 Å². The van der Waals surface area contributed by atoms with Gasteiger partial charge in [0.2, 0.25) is 0 Å². The van der Waals surface area contributed by atoms with Crippen LogP contribution in [0, 0.1) is 15.9 Å². The van der Waals surface area contributed by atoms with E-state index in [1.165, 1.54) is 36.4 Å². The minimum atomic E-state index is -0.526. The number of nitrogens with zero attached hydrogens (tertiary/aromatic N) is 1. The Kier molecular flexibility index (Phi) is 4.98. The minimum Gasteiger partial charge on any atom is -0.489 e. The summed E-state index contributed by atoms with van der Waals surface area (Å²) in [6.45, 7) is 0.104. The largest absolute Gasteiger partial charge is 0.489 e. The van der Waals surface area contributed by atoms with Gasteiger partial charge in [0, 0.05) is 23.3 Å². The van der Waals surface area contributed by atoms with E-state index in [0.717, 1.165) is 0 Å². The van der Waals surface area contributed by atoms with Crippen LogP contribution >= 0.6 is 23.2 Å². The summed E-state index contributed by atoms with van der Waals surface area (Å²) in [6, 6.07) is 8.16. The van der Waals surface area contributed by atoms with Gasteiger partial charge in [-0.25, -0.2) is 4.39 Å². The van der Waals surface area contributed by atoms with Crippen LogP contribution in [-0.2, 0) is 12.5 Å². The molecule has 0 aliphatic rings. The number of halogens is 3. The molecule has 0 saturated carbocycles. The maximum Gasteiger partial charge on any atom is 0.270 e. The molecule has 0 fully saturated rings. The summed E-state index contributed by atoms with van der Waals surface area (Å²) < 4.78 is 18.6. The highest BCUT2D eigenvalue weighted by molar-refractivity contribution is 6.31. The first-order chi connectivity index (χ1) is 10.0. The van der Waals surface area contributed by atoms with E-state index >= 15 is 0 Å². The number of rotatable bonds is 5. The lowest BCUT2D eigenvalue weighted by Gasteiger charge is -2.11. The Bertz CT molecular complexity index is 679. The molecule has 110 valence electrons. The summed E-state index contributed by atoms with van der Waals surface area (Å²) in [5, 5.41) is 10.9. The van der Waals surface area contributed by atoms with Gasteiger partial charge in [-0.15, -0.1) is 11.6 Å². The maximum absolute atomic E-state index is 13.1. The molecule has 2 rings (SSSR count). The summed E-state index contributed by atoms with van der Waals surface area (Å²) in [5.41, 5.74) is 1.02. The van der Waals surface area contributed by atoms with Gasteiger partial charge in [0.1, 0.15) is 18.2 Å². The molecule has 7 heteroatoms. The van der Waals surface area contributed by atoms with Gasteiger partial charge in [-0.2, -0.15) is 0 Å². The van der Waals surface area contributed by atoms with Crippen LogP contribution in [0.1, 0.15) is 11.1 Å². The summed E-state index contributed by atoms with van der Waals surface area (Å²) in [5.74, 6) is 0.161. The first-order valence-corrected chi connectivity index (χ1v) is 6.82. The number of hydrogen-bond donors (Lipinski definition) is 0. The lowest BCUT2D eigenvalue weighted by molar-refractivity contribution is -0.384. The van der Waals surface area contributed by atoms with Crippen molar-refractivity contribution in [3.63, 3.8) is 0 Å². The van der Waals surface area contributed by atoms with E-state index in [0.29, 0.717) is 16.9 Å². The highest BCUT2D eigenvalue weighted by Gasteiger charge is 2.11. The van der Waals surface area contributed by atoms with Crippen molar-refractivity contribution in [3.8, 4) is 5.75 Å². The summed E-state index contributed by atoms with van der Waals surface area (Å²) in [6.07, 6.45) is 0. The first kappa shape index (κ1) is 15.5. The molecule has 0 radical (unpaired) electrons. The van der Waals surface area contributed by atoms with E-state index in [9.17, 15) is 14.5 Å². The van der Waals surface area contributed by atoms with Crippen LogP contribution in [0.15, 0.2) is 36.4 Å². The Labute approximate surface area is 130 Å². The van der Waals surface area contributed by atoms with Crippen LogP contribution in [0.4, 0.5) is 10.1 Å². The fraction of sp³-hybridized carbons (Fsp3) is 0.143. The predicted octanol–water partition coefficient (Wildman–Crippen LogP) is 4.71. The van der Waals surface area contributed by atoms with Crippen molar-refractivity contribution in [1.29, 1.82) is 0 Å². The molecule has 0 saturated heterocycles. The zero-order valence-electron chi connectivity index (χ0n) is 10.7. The van der Waals surface area contributed by atoms with Gasteiger partial charge in [0.05, 0.1) is 15.8 Å². The lowest BCUT2D eigenvalue weighted by atomic mass is 10.2. The monoisotopic (exact) mass is 329 g/mol. The van der Waals surface area contributed by atoms with Gasteiger partial charge in [-0.1, -0.05) is 11.6 Å². The number of ether oxygens (including phenoxy) is 1. The highest BCUT2D eigenvalue weighted by atomic mass is 35.5. The van der Waals surface area contributed by atoms with Crippen LogP contribution in [0.3, 0.4) is 0 Å². The normalized spacial score (nSPS) is 10.4. The molecule has 0 N–H and O–H groups in total. The number of alkyl halides is 1. The van der Waals surface area contributed by atoms with Crippen LogP contribution in [-0.4, -0.2) is 4.92 Å². The van der Waals surface area contributed by atoms with Crippen molar-refractivity contribution < 1.29 is 14.1 Å². The Morgan fingerprint density at radius 2 is 1.95 bits per heavy atom. The molecule has 2 aromatic carbocycles. The van der Waals surface area contributed by atoms with Gasteiger partial charge in [-0.05, 0) is 24.3 Å². The summed E-state index contributed by atoms with van der Waals surface area (Å²) in [7, 11) is 0. The zero-order chi connectivity index (χ0) is 15.4. The molecular formula is C14H10Cl2FNO3. The Morgan fingerprint density at radius 1 is 1.19 bits per heavy atom. The lowest BCUT2D eigenvalue weighted by Crippen LogP contribution is -2.00. The molecule has 0 aliphatic carbocycles. The topological polar surface area (TPSA) is 52.4 Å². The average Bonchev–Trinajstić information content (AvgIpc) is 2.46. The second-order valence-electron chi connectivity index (χ2n) is 4.21. The fourth-order valence-corrected chi connectivity index (χ4v) is 2.15. The third-order valence-corrected chi connectivity index (χ3v) is 3.44. The van der Waals surface area contributed by atoms with Crippen LogP contribution in [0.5, 0.6) is 5.75 Å². The second-order valence-corrected chi connectivity index (χ2v) is 4.88. The molecule has 4 nitrogen and oxygen atoms in total. The van der Waals surface area contributed by atoms with E-state index in [2.05, 4.69) is 0 Å². The third-order valence-electron chi connectivity index (χ3n) is 2.80. The van der Waals surface area contributed by atoms with Crippen molar-refractivity contribution in [2.24, 2.45) is 0 Å². The SMILES string of the molecule is O=[N+]([O-])c1ccc(COc2ccc(F)cc2CCl)c(Cl)c1. The number of benzene rings is 2. The van der Waals surface area contributed by atoms with Crippen molar-refractivity contribution in [1.82, 2.24) is 0 Å². The number of nitro benzene ring substituents is 1. The fourth-order valence-electron chi connectivity index (χ4n) is 1.72. The third kappa shape index (κ3) is 3.83. The van der Waals surface area contributed by atoms with Crippen LogP contribution in [0.25, 0.3) is 0 Å². The molecule has 0 bridgehead atoms. The zero-order valence-corrected chi connectivity index (χ0v) is 12.2. The van der Waals surface area contributed by atoms with Crippen molar-refractivity contribution in [2.45, 2.75) is 12.5 Å². The van der Waals surface area contributed by atoms with Crippen LogP contribution in [0.2, 0.25) is 5.02 Å². The van der Waals surface area contributed by atoms with E-state index in [-0.39, 0.29) is 23.2 Å². The van der Waals surface area contributed by atoms with E-state index in [1.54, 1.807) is 0 Å². The Hall–Kier alpha value is -1.85. The maximum atomic E-state index is 13.1. The standard InChI is InChI=1S/C14H10Cl2FNO3/c15-7-10-5-11(17)2-4-14(10)21-8-9-1-3-12(18(19)20)6-13(9)16/h1-6H,7-8H2. The van der Waals surface area contributed by atoms with E-state index < -0.39 is 10.7 Å². The second kappa shape index (κ2) is 6.74. The quantitative estimate of drug-likeness (QED) is 0.453. The molecule has 21 heavy (non-hydrogen) atoms. The predicted molar refractivity (Wildman–Crippen MR) is 78.4 cm³/mol. The van der Waals surface area contributed by atoms with Gasteiger partial charge < -0.3 is 4.74 Å². The van der Waals surface area contributed by atoms with E-state index in [1.807, 2.05) is 0 Å². The molecular weight excluding hydrogens is 320 g/mol. The van der Waals surface area contributed by atoms with Crippen molar-refractivity contribution >= 4 is 28.9 Å². The summed E-state index contributed by atoms with van der Waals surface area (Å²) in [4.78, 5) is 10.1. The Morgan fingerprint density at radius 3 is 2.57 bits per heavy atom. The van der Waals surface area contributed by atoms with Crippen molar-refractivity contribution in [3.05, 3.63) is 68.5 Å². The average molecular weight is 330 g/mol. The smallest absolute Gasteiger partial charge is 0.270 e. The van der Waals surface area contributed by atoms with Crippen molar-refractivity contribution in [2.75, 3.05) is 0 Å². The first-order valence-electron chi connectivity index (χ1n) is 5.91. The van der Waals surface area contributed by atoms with E-state index in [4.69, 9.17) is 27.9 Å². The molecule has 2 aromatic rings. The molecule has 0 amide bonds. The van der Waals surface area contributed by atoms with Gasteiger partial charge in [-0.3, -0.25) is 10.1 Å². The Balaban J connectivity index is 2.15. The minimum absolute atomic E-state index is 0.0908. The number of hydrogen-bond acceptors (Lipinski definition) is 3. The molecule has 0 heterocycles. The molecule has 0 unspecified atom stereocenters. The number of non-ortho nitro benzene ring substituents is 1. The van der Waals surface area contributed by atoms with Gasteiger partial charge in [0.15, 0.2) is 0 Å². The molecule has 0 aliphatic heterocycles. The van der Waals surface area contributed by atoms with Gasteiger partial charge >= 0.3 is 0 Å². The summed E-state index contributed by atoms with van der Waals surface area (Å²) >= 11 is 11.7. The number of nitro groups is 1. The highest BCUT2D eigenvalue weighted by Crippen LogP contribution is 2.26. The molecule has 0 spiro atoms. The molecule has 0 atom stereocenters.